The fourth-order valence-corrected chi connectivity index (χ4v) is 5.27. The number of hydrogen-bond donors (Lipinski definition) is 2. The summed E-state index contributed by atoms with van der Waals surface area (Å²) in [5, 5.41) is 13.2. The van der Waals surface area contributed by atoms with Crippen LogP contribution in [-0.2, 0) is 6.54 Å². The number of carbonyl (C=O) groups is 1. The summed E-state index contributed by atoms with van der Waals surface area (Å²) >= 11 is 0. The van der Waals surface area contributed by atoms with Crippen molar-refractivity contribution in [2.24, 2.45) is 0 Å². The number of piperazine rings is 1. The number of carbonyl (C=O) groups excluding carboxylic acids is 1. The molecule has 4 heterocycles. The molecule has 2 N–H and O–H groups in total. The number of rotatable bonds is 8. The highest BCUT2D eigenvalue weighted by molar-refractivity contribution is 5.97. The number of nitrogens with zero attached hydrogens (tertiary/aromatic N) is 7. The molecule has 1 aliphatic heterocycles. The highest BCUT2D eigenvalue weighted by Gasteiger charge is 2.26. The van der Waals surface area contributed by atoms with E-state index in [4.69, 9.17) is 10.1 Å². The zero-order valence-electron chi connectivity index (χ0n) is 21.2. The standard InChI is InChI=1S/C26H36N8O2/c1-31(2)25(36)22-15-20-17-28-26(30-24(20)34(22)21-5-3-4-6-21)29-23-8-7-19(16-27-23)18-33-11-9-32(10-12-33)13-14-35/h7-8,15-17,21,35H,3-6,9-14,18H2,1-2H3,(H,27,28,29,30). The van der Waals surface area contributed by atoms with Gasteiger partial charge in [-0.3, -0.25) is 14.6 Å². The van der Waals surface area contributed by atoms with Crippen LogP contribution in [0.4, 0.5) is 11.8 Å². The number of aromatic nitrogens is 4. The monoisotopic (exact) mass is 492 g/mol. The van der Waals surface area contributed by atoms with E-state index in [2.05, 4.69) is 35.7 Å². The molecule has 0 spiro atoms. The molecule has 1 amide bonds. The Hall–Kier alpha value is -3.08. The van der Waals surface area contributed by atoms with Gasteiger partial charge in [-0.1, -0.05) is 18.9 Å². The summed E-state index contributed by atoms with van der Waals surface area (Å²) in [6.07, 6.45) is 8.15. The highest BCUT2D eigenvalue weighted by atomic mass is 16.3. The molecular formula is C26H36N8O2. The third kappa shape index (κ3) is 5.35. The zero-order valence-corrected chi connectivity index (χ0v) is 21.2. The van der Waals surface area contributed by atoms with Crippen molar-refractivity contribution in [2.45, 2.75) is 38.3 Å². The number of aliphatic hydroxyl groups excluding tert-OH is 1. The molecule has 0 unspecified atom stereocenters. The van der Waals surface area contributed by atoms with Crippen LogP contribution in [-0.4, -0.2) is 98.7 Å². The molecule has 3 aromatic rings. The maximum absolute atomic E-state index is 12.9. The Morgan fingerprint density at radius 1 is 1.08 bits per heavy atom. The van der Waals surface area contributed by atoms with Crippen molar-refractivity contribution < 1.29 is 9.90 Å². The molecule has 10 heteroatoms. The predicted octanol–water partition coefficient (Wildman–Crippen LogP) is 2.50. The number of nitrogens with one attached hydrogen (secondary N) is 1. The molecule has 2 aliphatic rings. The van der Waals surface area contributed by atoms with E-state index in [1.807, 2.05) is 18.3 Å². The van der Waals surface area contributed by atoms with Gasteiger partial charge in [-0.25, -0.2) is 9.97 Å². The molecule has 192 valence electrons. The van der Waals surface area contributed by atoms with Gasteiger partial charge >= 0.3 is 0 Å². The van der Waals surface area contributed by atoms with Crippen LogP contribution in [0, 0.1) is 0 Å². The van der Waals surface area contributed by atoms with Crippen LogP contribution in [0.15, 0.2) is 30.6 Å². The Balaban J connectivity index is 1.30. The molecule has 5 rings (SSSR count). The van der Waals surface area contributed by atoms with Gasteiger partial charge in [0.1, 0.15) is 17.2 Å². The summed E-state index contributed by atoms with van der Waals surface area (Å²) in [6, 6.07) is 6.24. The Labute approximate surface area is 211 Å². The van der Waals surface area contributed by atoms with E-state index in [0.29, 0.717) is 17.5 Å². The van der Waals surface area contributed by atoms with Crippen molar-refractivity contribution >= 4 is 28.7 Å². The Morgan fingerprint density at radius 3 is 2.50 bits per heavy atom. The fourth-order valence-electron chi connectivity index (χ4n) is 5.27. The van der Waals surface area contributed by atoms with E-state index < -0.39 is 0 Å². The highest BCUT2D eigenvalue weighted by Crippen LogP contribution is 2.34. The number of pyridine rings is 1. The summed E-state index contributed by atoms with van der Waals surface area (Å²) < 4.78 is 2.12. The second kappa shape index (κ2) is 10.9. The van der Waals surface area contributed by atoms with Gasteiger partial charge in [-0.15, -0.1) is 0 Å². The molecule has 0 bridgehead atoms. The Kier molecular flexibility index (Phi) is 7.45. The van der Waals surface area contributed by atoms with E-state index in [9.17, 15) is 4.79 Å². The van der Waals surface area contributed by atoms with Gasteiger partial charge in [-0.05, 0) is 30.5 Å². The largest absolute Gasteiger partial charge is 0.395 e. The van der Waals surface area contributed by atoms with Gasteiger partial charge in [0.2, 0.25) is 5.95 Å². The minimum Gasteiger partial charge on any atom is -0.395 e. The van der Waals surface area contributed by atoms with Crippen LogP contribution >= 0.6 is 0 Å². The smallest absolute Gasteiger partial charge is 0.270 e. The lowest BCUT2D eigenvalue weighted by Gasteiger charge is -2.34. The third-order valence-corrected chi connectivity index (χ3v) is 7.24. The summed E-state index contributed by atoms with van der Waals surface area (Å²) in [5.41, 5.74) is 2.63. The van der Waals surface area contributed by atoms with Crippen LogP contribution in [0.25, 0.3) is 11.0 Å². The second-order valence-corrected chi connectivity index (χ2v) is 10.0. The first-order valence-corrected chi connectivity index (χ1v) is 12.9. The maximum atomic E-state index is 12.9. The van der Waals surface area contributed by atoms with E-state index in [-0.39, 0.29) is 18.6 Å². The van der Waals surface area contributed by atoms with Crippen LogP contribution < -0.4 is 5.32 Å². The van der Waals surface area contributed by atoms with Crippen LogP contribution in [0.5, 0.6) is 0 Å². The van der Waals surface area contributed by atoms with Gasteiger partial charge < -0.3 is 19.9 Å². The topological polar surface area (TPSA) is 103 Å². The minimum atomic E-state index is -0.0125. The number of hydrogen-bond acceptors (Lipinski definition) is 8. The maximum Gasteiger partial charge on any atom is 0.270 e. The normalized spacial score (nSPS) is 17.6. The molecule has 1 saturated heterocycles. The third-order valence-electron chi connectivity index (χ3n) is 7.24. The molecule has 10 nitrogen and oxygen atoms in total. The van der Waals surface area contributed by atoms with Crippen molar-refractivity contribution in [3.05, 3.63) is 41.9 Å². The van der Waals surface area contributed by atoms with Crippen molar-refractivity contribution in [1.82, 2.24) is 34.2 Å². The van der Waals surface area contributed by atoms with Crippen molar-refractivity contribution in [3.8, 4) is 0 Å². The molecule has 36 heavy (non-hydrogen) atoms. The van der Waals surface area contributed by atoms with Gasteiger partial charge in [0.15, 0.2) is 0 Å². The summed E-state index contributed by atoms with van der Waals surface area (Å²) in [7, 11) is 3.56. The molecule has 0 atom stereocenters. The molecule has 2 fully saturated rings. The first kappa shape index (κ1) is 24.6. The van der Waals surface area contributed by atoms with Gasteiger partial charge in [0.05, 0.1) is 6.61 Å². The summed E-state index contributed by atoms with van der Waals surface area (Å²) in [5.74, 6) is 1.15. The first-order chi connectivity index (χ1) is 17.5. The molecule has 1 aliphatic carbocycles. The molecule has 3 aromatic heterocycles. The van der Waals surface area contributed by atoms with E-state index >= 15 is 0 Å². The Bertz CT molecular complexity index is 1180. The molecular weight excluding hydrogens is 456 g/mol. The number of anilines is 2. The van der Waals surface area contributed by atoms with Gasteiger partial charge in [0, 0.05) is 77.2 Å². The van der Waals surface area contributed by atoms with E-state index in [0.717, 1.165) is 68.7 Å². The van der Waals surface area contributed by atoms with Gasteiger partial charge in [0.25, 0.3) is 5.91 Å². The van der Waals surface area contributed by atoms with E-state index in [1.54, 1.807) is 25.2 Å². The van der Waals surface area contributed by atoms with Crippen molar-refractivity contribution in [2.75, 3.05) is 58.7 Å². The molecule has 0 aromatic carbocycles. The molecule has 1 saturated carbocycles. The zero-order chi connectivity index (χ0) is 25.1. The van der Waals surface area contributed by atoms with Crippen molar-refractivity contribution in [3.63, 3.8) is 0 Å². The average molecular weight is 493 g/mol. The second-order valence-electron chi connectivity index (χ2n) is 10.0. The van der Waals surface area contributed by atoms with E-state index in [1.165, 1.54) is 12.8 Å². The predicted molar refractivity (Wildman–Crippen MR) is 139 cm³/mol. The van der Waals surface area contributed by atoms with Crippen molar-refractivity contribution in [1.29, 1.82) is 0 Å². The minimum absolute atomic E-state index is 0.0125. The summed E-state index contributed by atoms with van der Waals surface area (Å²) in [6.45, 7) is 5.79. The lowest BCUT2D eigenvalue weighted by Crippen LogP contribution is -2.46. The van der Waals surface area contributed by atoms with Crippen LogP contribution in [0.3, 0.4) is 0 Å². The number of β-amino-alcohol motifs (C(OH)–C–C–N with tert-alkyl or cyclic N) is 1. The number of amides is 1. The quantitative estimate of drug-likeness (QED) is 0.495. The number of aliphatic hydroxyl groups is 1. The van der Waals surface area contributed by atoms with Gasteiger partial charge in [-0.2, -0.15) is 4.98 Å². The Morgan fingerprint density at radius 2 is 1.83 bits per heavy atom. The lowest BCUT2D eigenvalue weighted by molar-refractivity contribution is 0.0815. The SMILES string of the molecule is CN(C)C(=O)c1cc2cnc(Nc3ccc(CN4CCN(CCO)CC4)cn3)nc2n1C1CCCC1. The average Bonchev–Trinajstić information content (AvgIpc) is 3.53. The summed E-state index contributed by atoms with van der Waals surface area (Å²) in [4.78, 5) is 33.1. The molecule has 0 radical (unpaired) electrons. The van der Waals surface area contributed by atoms with Crippen LogP contribution in [0.2, 0.25) is 0 Å². The lowest BCUT2D eigenvalue weighted by atomic mass is 10.2. The fraction of sp³-hybridized carbons (Fsp3) is 0.538. The van der Waals surface area contributed by atoms with Crippen LogP contribution in [0.1, 0.15) is 47.8 Å². The first-order valence-electron chi connectivity index (χ1n) is 12.9. The number of fused-ring (bicyclic) bond motifs is 1.